The van der Waals surface area contributed by atoms with Crippen LogP contribution in [0.4, 0.5) is 4.79 Å². The van der Waals surface area contributed by atoms with E-state index in [0.29, 0.717) is 13.0 Å². The monoisotopic (exact) mass is 287 g/mol. The molecule has 1 amide bonds. The van der Waals surface area contributed by atoms with E-state index in [1.165, 1.54) is 11.1 Å². The summed E-state index contributed by atoms with van der Waals surface area (Å²) in [6.07, 6.45) is 6.99. The van der Waals surface area contributed by atoms with Crippen molar-refractivity contribution < 1.29 is 9.90 Å². The molecule has 0 aromatic carbocycles. The molecule has 21 heavy (non-hydrogen) atoms. The van der Waals surface area contributed by atoms with Crippen molar-refractivity contribution in [1.82, 2.24) is 14.3 Å². The number of likely N-dealkylation sites (tertiary alicyclic amines) is 1. The van der Waals surface area contributed by atoms with Crippen LogP contribution in [0, 0.1) is 13.8 Å². The molecule has 0 saturated carbocycles. The van der Waals surface area contributed by atoms with Crippen LogP contribution in [0.5, 0.6) is 0 Å². The van der Waals surface area contributed by atoms with Crippen molar-refractivity contribution >= 4 is 11.7 Å². The molecule has 1 aliphatic rings. The summed E-state index contributed by atoms with van der Waals surface area (Å²) in [7, 11) is 0. The Morgan fingerprint density at radius 3 is 2.90 bits per heavy atom. The molecule has 1 aliphatic heterocycles. The second kappa shape index (κ2) is 5.39. The number of hydrogen-bond donors (Lipinski definition) is 1. The zero-order chi connectivity index (χ0) is 15.0. The van der Waals surface area contributed by atoms with Gasteiger partial charge in [0.1, 0.15) is 5.65 Å². The first-order valence-corrected chi connectivity index (χ1v) is 7.49. The maximum atomic E-state index is 11.3. The largest absolute Gasteiger partial charge is 0.465 e. The van der Waals surface area contributed by atoms with Gasteiger partial charge in [0.15, 0.2) is 0 Å². The van der Waals surface area contributed by atoms with Gasteiger partial charge in [-0.05, 0) is 50.3 Å². The van der Waals surface area contributed by atoms with Crippen LogP contribution >= 0.6 is 0 Å². The number of pyridine rings is 1. The normalized spacial score (nSPS) is 19.1. The van der Waals surface area contributed by atoms with Gasteiger partial charge in [0.25, 0.3) is 0 Å². The average molecular weight is 287 g/mol. The van der Waals surface area contributed by atoms with E-state index in [4.69, 9.17) is 0 Å². The first kappa shape index (κ1) is 13.9. The van der Waals surface area contributed by atoms with Gasteiger partial charge in [0, 0.05) is 31.4 Å². The number of nitrogens with zero attached hydrogens (tertiary/aromatic N) is 3. The van der Waals surface area contributed by atoms with Crippen molar-refractivity contribution in [3.8, 4) is 0 Å². The standard InChI is InChI=1S/C16H21N3O2/c1-11-7-15-17-13(10-18(15)9-12(11)2)8-14-5-3-4-6-19(14)16(20)21/h7,9-10,14H,3-6,8H2,1-2H3,(H,20,21)/t14-/m0/s1. The van der Waals surface area contributed by atoms with E-state index >= 15 is 0 Å². The van der Waals surface area contributed by atoms with Crippen molar-refractivity contribution in [2.45, 2.75) is 45.6 Å². The number of rotatable bonds is 2. The van der Waals surface area contributed by atoms with Gasteiger partial charge in [-0.2, -0.15) is 0 Å². The number of imidazole rings is 1. The van der Waals surface area contributed by atoms with E-state index in [9.17, 15) is 9.90 Å². The topological polar surface area (TPSA) is 57.8 Å². The number of amides is 1. The third-order valence-corrected chi connectivity index (χ3v) is 4.43. The molecular formula is C16H21N3O2. The molecule has 112 valence electrons. The summed E-state index contributed by atoms with van der Waals surface area (Å²) in [5, 5.41) is 9.30. The fourth-order valence-electron chi connectivity index (χ4n) is 3.09. The minimum Gasteiger partial charge on any atom is -0.465 e. The summed E-state index contributed by atoms with van der Waals surface area (Å²) in [6.45, 7) is 4.81. The molecule has 1 fully saturated rings. The van der Waals surface area contributed by atoms with Gasteiger partial charge >= 0.3 is 6.09 Å². The Morgan fingerprint density at radius 2 is 2.14 bits per heavy atom. The Hall–Kier alpha value is -2.04. The van der Waals surface area contributed by atoms with Crippen LogP contribution in [0.1, 0.15) is 36.1 Å². The number of hydrogen-bond acceptors (Lipinski definition) is 2. The highest BCUT2D eigenvalue weighted by atomic mass is 16.4. The van der Waals surface area contributed by atoms with Gasteiger partial charge in [-0.1, -0.05) is 0 Å². The maximum absolute atomic E-state index is 11.3. The van der Waals surface area contributed by atoms with E-state index in [-0.39, 0.29) is 6.04 Å². The third-order valence-electron chi connectivity index (χ3n) is 4.43. The minimum absolute atomic E-state index is 0.0587. The summed E-state index contributed by atoms with van der Waals surface area (Å²) in [4.78, 5) is 17.5. The van der Waals surface area contributed by atoms with Crippen LogP contribution < -0.4 is 0 Å². The van der Waals surface area contributed by atoms with Crippen molar-refractivity contribution in [2.24, 2.45) is 0 Å². The fourth-order valence-corrected chi connectivity index (χ4v) is 3.09. The van der Waals surface area contributed by atoms with Crippen molar-refractivity contribution in [3.63, 3.8) is 0 Å². The molecule has 3 rings (SSSR count). The smallest absolute Gasteiger partial charge is 0.407 e. The Balaban J connectivity index is 1.85. The Morgan fingerprint density at radius 1 is 1.33 bits per heavy atom. The molecule has 0 unspecified atom stereocenters. The van der Waals surface area contributed by atoms with Gasteiger partial charge in [-0.25, -0.2) is 9.78 Å². The van der Waals surface area contributed by atoms with Gasteiger partial charge in [-0.3, -0.25) is 0 Å². The SMILES string of the molecule is Cc1cc2nc(C[C@@H]3CCCCN3C(=O)O)cn2cc1C. The number of carboxylic acid groups (broad SMARTS) is 1. The molecule has 0 spiro atoms. The van der Waals surface area contributed by atoms with Gasteiger partial charge in [-0.15, -0.1) is 0 Å². The lowest BCUT2D eigenvalue weighted by atomic mass is 9.99. The number of carbonyl (C=O) groups is 1. The maximum Gasteiger partial charge on any atom is 0.407 e. The van der Waals surface area contributed by atoms with Crippen molar-refractivity contribution in [3.05, 3.63) is 35.3 Å². The molecule has 5 heteroatoms. The first-order chi connectivity index (χ1) is 10.0. The molecular weight excluding hydrogens is 266 g/mol. The highest BCUT2D eigenvalue weighted by Crippen LogP contribution is 2.21. The van der Waals surface area contributed by atoms with E-state index < -0.39 is 6.09 Å². The lowest BCUT2D eigenvalue weighted by molar-refractivity contribution is 0.106. The van der Waals surface area contributed by atoms with Crippen LogP contribution in [0.2, 0.25) is 0 Å². The van der Waals surface area contributed by atoms with E-state index in [2.05, 4.69) is 31.1 Å². The second-order valence-electron chi connectivity index (χ2n) is 5.97. The van der Waals surface area contributed by atoms with Gasteiger partial charge in [0.05, 0.1) is 5.69 Å². The van der Waals surface area contributed by atoms with E-state index in [1.807, 2.05) is 10.6 Å². The number of aromatic nitrogens is 2. The predicted molar refractivity (Wildman–Crippen MR) is 80.7 cm³/mol. The minimum atomic E-state index is -0.810. The summed E-state index contributed by atoms with van der Waals surface area (Å²) in [6, 6.07) is 2.14. The van der Waals surface area contributed by atoms with Gasteiger partial charge < -0.3 is 14.4 Å². The van der Waals surface area contributed by atoms with Crippen LogP contribution in [0.15, 0.2) is 18.5 Å². The second-order valence-corrected chi connectivity index (χ2v) is 5.97. The number of aryl methyl sites for hydroxylation is 2. The molecule has 5 nitrogen and oxygen atoms in total. The lowest BCUT2D eigenvalue weighted by Crippen LogP contribution is -2.44. The van der Waals surface area contributed by atoms with E-state index in [0.717, 1.165) is 30.6 Å². The van der Waals surface area contributed by atoms with Crippen LogP contribution in [0.3, 0.4) is 0 Å². The Labute approximate surface area is 124 Å². The molecule has 0 aliphatic carbocycles. The fraction of sp³-hybridized carbons (Fsp3) is 0.500. The summed E-state index contributed by atoms with van der Waals surface area (Å²) >= 11 is 0. The molecule has 2 aromatic heterocycles. The molecule has 3 heterocycles. The van der Waals surface area contributed by atoms with Crippen LogP contribution in [0.25, 0.3) is 5.65 Å². The Bertz CT molecular complexity index is 638. The molecule has 0 bridgehead atoms. The zero-order valence-corrected chi connectivity index (χ0v) is 12.5. The first-order valence-electron chi connectivity index (χ1n) is 7.49. The summed E-state index contributed by atoms with van der Waals surface area (Å²) in [5.41, 5.74) is 4.37. The highest BCUT2D eigenvalue weighted by molar-refractivity contribution is 5.65. The summed E-state index contributed by atoms with van der Waals surface area (Å²) in [5.74, 6) is 0. The molecule has 1 atom stereocenters. The third kappa shape index (κ3) is 2.73. The lowest BCUT2D eigenvalue weighted by Gasteiger charge is -2.33. The Kier molecular flexibility index (Phi) is 3.57. The van der Waals surface area contributed by atoms with Gasteiger partial charge in [0.2, 0.25) is 0 Å². The van der Waals surface area contributed by atoms with Crippen LogP contribution in [-0.4, -0.2) is 38.1 Å². The summed E-state index contributed by atoms with van der Waals surface area (Å²) < 4.78 is 2.03. The zero-order valence-electron chi connectivity index (χ0n) is 12.5. The molecule has 1 N–H and O–H groups in total. The van der Waals surface area contributed by atoms with E-state index in [1.54, 1.807) is 4.90 Å². The molecule has 0 radical (unpaired) electrons. The number of piperidine rings is 1. The predicted octanol–water partition coefficient (Wildman–Crippen LogP) is 3.03. The molecule has 2 aromatic rings. The van der Waals surface area contributed by atoms with Crippen LogP contribution in [-0.2, 0) is 6.42 Å². The van der Waals surface area contributed by atoms with Crippen molar-refractivity contribution in [1.29, 1.82) is 0 Å². The van der Waals surface area contributed by atoms with Crippen molar-refractivity contribution in [2.75, 3.05) is 6.54 Å². The number of fused-ring (bicyclic) bond motifs is 1. The highest BCUT2D eigenvalue weighted by Gasteiger charge is 2.27. The molecule has 1 saturated heterocycles. The quantitative estimate of drug-likeness (QED) is 0.923. The average Bonchev–Trinajstić information content (AvgIpc) is 2.81.